The predicted molar refractivity (Wildman–Crippen MR) is 105 cm³/mol. The first-order valence-corrected chi connectivity index (χ1v) is 9.05. The first-order chi connectivity index (χ1) is 12.6. The summed E-state index contributed by atoms with van der Waals surface area (Å²) >= 11 is 0. The SMILES string of the molecule is CCCCC(c1ccccc1)c1c(C)c(OC)c(OC)c(OC)c1OC. The molecule has 4 heteroatoms. The number of unbranched alkanes of at least 4 members (excludes halogenated alkanes) is 1. The number of hydrogen-bond donors (Lipinski definition) is 0. The van der Waals surface area contributed by atoms with Gasteiger partial charge in [-0.2, -0.15) is 0 Å². The highest BCUT2D eigenvalue weighted by Crippen LogP contribution is 2.53. The van der Waals surface area contributed by atoms with Crippen LogP contribution in [0.4, 0.5) is 0 Å². The Kier molecular flexibility index (Phi) is 7.19. The van der Waals surface area contributed by atoms with Crippen molar-refractivity contribution in [2.45, 2.75) is 39.0 Å². The lowest BCUT2D eigenvalue weighted by molar-refractivity contribution is 0.301. The fraction of sp³-hybridized carbons (Fsp3) is 0.455. The summed E-state index contributed by atoms with van der Waals surface area (Å²) in [4.78, 5) is 0. The zero-order valence-electron chi connectivity index (χ0n) is 16.7. The van der Waals surface area contributed by atoms with Crippen molar-refractivity contribution in [2.75, 3.05) is 28.4 Å². The molecule has 0 saturated carbocycles. The smallest absolute Gasteiger partial charge is 0.207 e. The van der Waals surface area contributed by atoms with Gasteiger partial charge in [0.05, 0.1) is 28.4 Å². The minimum atomic E-state index is 0.194. The summed E-state index contributed by atoms with van der Waals surface area (Å²) < 4.78 is 22.7. The quantitative estimate of drug-likeness (QED) is 0.605. The van der Waals surface area contributed by atoms with E-state index in [4.69, 9.17) is 18.9 Å². The van der Waals surface area contributed by atoms with E-state index in [1.165, 1.54) is 5.56 Å². The zero-order valence-corrected chi connectivity index (χ0v) is 16.7. The second-order valence-corrected chi connectivity index (χ2v) is 6.28. The minimum absolute atomic E-state index is 0.194. The van der Waals surface area contributed by atoms with Crippen LogP contribution in [0.5, 0.6) is 23.0 Å². The van der Waals surface area contributed by atoms with Crippen molar-refractivity contribution in [3.05, 3.63) is 47.0 Å². The van der Waals surface area contributed by atoms with Crippen LogP contribution < -0.4 is 18.9 Å². The first-order valence-electron chi connectivity index (χ1n) is 9.05. The Bertz CT molecular complexity index is 710. The van der Waals surface area contributed by atoms with Crippen LogP contribution in [0.3, 0.4) is 0 Å². The maximum Gasteiger partial charge on any atom is 0.207 e. The Morgan fingerprint density at radius 3 is 1.81 bits per heavy atom. The fourth-order valence-electron chi connectivity index (χ4n) is 3.60. The second-order valence-electron chi connectivity index (χ2n) is 6.28. The van der Waals surface area contributed by atoms with Crippen molar-refractivity contribution in [3.63, 3.8) is 0 Å². The first kappa shape index (κ1) is 20.0. The highest BCUT2D eigenvalue weighted by molar-refractivity contribution is 5.68. The molecular formula is C22H30O4. The molecule has 0 spiro atoms. The molecule has 0 heterocycles. The highest BCUT2D eigenvalue weighted by Gasteiger charge is 2.30. The van der Waals surface area contributed by atoms with Gasteiger partial charge in [0.2, 0.25) is 11.5 Å². The molecule has 2 aromatic carbocycles. The van der Waals surface area contributed by atoms with E-state index in [0.29, 0.717) is 23.0 Å². The third kappa shape index (κ3) is 3.74. The lowest BCUT2D eigenvalue weighted by Crippen LogP contribution is -2.10. The van der Waals surface area contributed by atoms with Gasteiger partial charge in [-0.1, -0.05) is 50.1 Å². The van der Waals surface area contributed by atoms with Crippen molar-refractivity contribution < 1.29 is 18.9 Å². The number of benzene rings is 2. The lowest BCUT2D eigenvalue weighted by atomic mass is 9.83. The van der Waals surface area contributed by atoms with E-state index in [1.807, 2.05) is 6.07 Å². The van der Waals surface area contributed by atoms with Gasteiger partial charge in [-0.15, -0.1) is 0 Å². The van der Waals surface area contributed by atoms with Gasteiger partial charge in [0.1, 0.15) is 0 Å². The molecule has 4 nitrogen and oxygen atoms in total. The van der Waals surface area contributed by atoms with Crippen molar-refractivity contribution in [1.29, 1.82) is 0 Å². The topological polar surface area (TPSA) is 36.9 Å². The number of hydrogen-bond acceptors (Lipinski definition) is 4. The Hall–Kier alpha value is -2.36. The standard InChI is InChI=1S/C22H30O4/c1-7-8-14-17(16-12-10-9-11-13-16)18-15(2)19(23-3)21(25-5)22(26-6)20(18)24-4/h9-13,17H,7-8,14H2,1-6H3. The Labute approximate surface area is 157 Å². The Balaban J connectivity index is 2.78. The van der Waals surface area contributed by atoms with E-state index < -0.39 is 0 Å². The van der Waals surface area contributed by atoms with Crippen LogP contribution in [0.2, 0.25) is 0 Å². The molecule has 142 valence electrons. The molecule has 1 atom stereocenters. The van der Waals surface area contributed by atoms with Gasteiger partial charge in [-0.25, -0.2) is 0 Å². The van der Waals surface area contributed by atoms with Gasteiger partial charge in [0.15, 0.2) is 11.5 Å². The van der Waals surface area contributed by atoms with E-state index in [0.717, 1.165) is 30.4 Å². The second kappa shape index (κ2) is 9.37. The molecule has 0 aliphatic rings. The molecule has 0 N–H and O–H groups in total. The van der Waals surface area contributed by atoms with Crippen molar-refractivity contribution >= 4 is 0 Å². The normalized spacial score (nSPS) is 11.8. The van der Waals surface area contributed by atoms with E-state index in [1.54, 1.807) is 28.4 Å². The van der Waals surface area contributed by atoms with Crippen LogP contribution in [-0.2, 0) is 0 Å². The van der Waals surface area contributed by atoms with Gasteiger partial charge in [0, 0.05) is 17.0 Å². The van der Waals surface area contributed by atoms with Crippen LogP contribution in [0.15, 0.2) is 30.3 Å². The van der Waals surface area contributed by atoms with Crippen LogP contribution in [-0.4, -0.2) is 28.4 Å². The van der Waals surface area contributed by atoms with E-state index in [-0.39, 0.29) is 5.92 Å². The Morgan fingerprint density at radius 2 is 1.31 bits per heavy atom. The molecule has 2 rings (SSSR count). The summed E-state index contributed by atoms with van der Waals surface area (Å²) in [5, 5.41) is 0. The van der Waals surface area contributed by atoms with E-state index in [9.17, 15) is 0 Å². The number of methoxy groups -OCH3 is 4. The fourth-order valence-corrected chi connectivity index (χ4v) is 3.60. The molecule has 0 aliphatic heterocycles. The molecular weight excluding hydrogens is 328 g/mol. The summed E-state index contributed by atoms with van der Waals surface area (Å²) in [5.74, 6) is 2.74. The van der Waals surface area contributed by atoms with Crippen LogP contribution in [0.1, 0.15) is 48.8 Å². The van der Waals surface area contributed by atoms with Crippen LogP contribution in [0.25, 0.3) is 0 Å². The summed E-state index contributed by atoms with van der Waals surface area (Å²) in [7, 11) is 6.58. The molecule has 0 aliphatic carbocycles. The van der Waals surface area contributed by atoms with Gasteiger partial charge < -0.3 is 18.9 Å². The molecule has 1 unspecified atom stereocenters. The maximum atomic E-state index is 5.81. The molecule has 0 aromatic heterocycles. The predicted octanol–water partition coefficient (Wildman–Crippen LogP) is 5.35. The molecule has 0 amide bonds. The van der Waals surface area contributed by atoms with Gasteiger partial charge in [0.25, 0.3) is 0 Å². The molecule has 0 fully saturated rings. The van der Waals surface area contributed by atoms with Crippen molar-refractivity contribution in [2.24, 2.45) is 0 Å². The Morgan fingerprint density at radius 1 is 0.769 bits per heavy atom. The summed E-state index contributed by atoms with van der Waals surface area (Å²) in [5.41, 5.74) is 3.38. The van der Waals surface area contributed by atoms with Crippen LogP contribution in [0, 0.1) is 6.92 Å². The minimum Gasteiger partial charge on any atom is -0.492 e. The van der Waals surface area contributed by atoms with Crippen molar-refractivity contribution in [3.8, 4) is 23.0 Å². The van der Waals surface area contributed by atoms with Gasteiger partial charge in [-0.05, 0) is 18.9 Å². The van der Waals surface area contributed by atoms with E-state index >= 15 is 0 Å². The summed E-state index contributed by atoms with van der Waals surface area (Å²) in [6.07, 6.45) is 3.28. The largest absolute Gasteiger partial charge is 0.492 e. The molecule has 0 radical (unpaired) electrons. The van der Waals surface area contributed by atoms with Gasteiger partial charge in [-0.3, -0.25) is 0 Å². The lowest BCUT2D eigenvalue weighted by Gasteiger charge is -2.27. The summed E-state index contributed by atoms with van der Waals surface area (Å²) in [6.45, 7) is 4.27. The van der Waals surface area contributed by atoms with E-state index in [2.05, 4.69) is 38.1 Å². The third-order valence-corrected chi connectivity index (χ3v) is 4.82. The average molecular weight is 358 g/mol. The zero-order chi connectivity index (χ0) is 19.1. The number of rotatable bonds is 9. The molecule has 0 saturated heterocycles. The third-order valence-electron chi connectivity index (χ3n) is 4.82. The summed E-state index contributed by atoms with van der Waals surface area (Å²) in [6, 6.07) is 10.5. The number of ether oxygens (including phenoxy) is 4. The average Bonchev–Trinajstić information content (AvgIpc) is 2.68. The molecule has 26 heavy (non-hydrogen) atoms. The molecule has 0 bridgehead atoms. The van der Waals surface area contributed by atoms with Crippen LogP contribution >= 0.6 is 0 Å². The highest BCUT2D eigenvalue weighted by atomic mass is 16.5. The maximum absolute atomic E-state index is 5.81. The molecule has 2 aromatic rings. The van der Waals surface area contributed by atoms with Gasteiger partial charge >= 0.3 is 0 Å². The van der Waals surface area contributed by atoms with Crippen molar-refractivity contribution in [1.82, 2.24) is 0 Å². The monoisotopic (exact) mass is 358 g/mol.